The maximum absolute atomic E-state index is 11.1. The highest BCUT2D eigenvalue weighted by Gasteiger charge is 2.15. The molecule has 1 fully saturated rings. The summed E-state index contributed by atoms with van der Waals surface area (Å²) in [7, 11) is 3.79. The number of halogens is 1. The SMILES string of the molecule is CNC(=O)CCN(C)CC1CCNCC1.Cl. The van der Waals surface area contributed by atoms with Crippen molar-refractivity contribution in [3.8, 4) is 0 Å². The predicted molar refractivity (Wildman–Crippen MR) is 69.0 cm³/mol. The summed E-state index contributed by atoms with van der Waals surface area (Å²) in [5, 5.41) is 6.01. The van der Waals surface area contributed by atoms with Crippen molar-refractivity contribution in [2.45, 2.75) is 19.3 Å². The van der Waals surface area contributed by atoms with Crippen LogP contribution in [0.25, 0.3) is 0 Å². The average Bonchev–Trinajstić information content (AvgIpc) is 2.27. The lowest BCUT2D eigenvalue weighted by atomic mass is 9.98. The summed E-state index contributed by atoms with van der Waals surface area (Å²) in [5.74, 6) is 0.938. The number of piperidine rings is 1. The highest BCUT2D eigenvalue weighted by Crippen LogP contribution is 2.12. The Hall–Kier alpha value is -0.320. The van der Waals surface area contributed by atoms with E-state index in [9.17, 15) is 4.79 Å². The minimum Gasteiger partial charge on any atom is -0.359 e. The van der Waals surface area contributed by atoms with Gasteiger partial charge in [-0.2, -0.15) is 0 Å². The number of nitrogens with zero attached hydrogens (tertiary/aromatic N) is 1. The van der Waals surface area contributed by atoms with E-state index in [0.717, 1.165) is 32.1 Å². The summed E-state index contributed by atoms with van der Waals surface area (Å²) in [6, 6.07) is 0. The Morgan fingerprint density at radius 1 is 1.44 bits per heavy atom. The molecule has 1 heterocycles. The molecule has 16 heavy (non-hydrogen) atoms. The standard InChI is InChI=1S/C11H23N3O.ClH/c1-12-11(15)5-8-14(2)9-10-3-6-13-7-4-10;/h10,13H,3-9H2,1-2H3,(H,12,15);1H. The van der Waals surface area contributed by atoms with Crippen LogP contribution in [0.3, 0.4) is 0 Å². The molecule has 0 saturated carbocycles. The largest absolute Gasteiger partial charge is 0.359 e. The molecule has 0 aliphatic carbocycles. The van der Waals surface area contributed by atoms with E-state index in [4.69, 9.17) is 0 Å². The second kappa shape index (κ2) is 8.79. The zero-order valence-electron chi connectivity index (χ0n) is 10.3. The van der Waals surface area contributed by atoms with Crippen LogP contribution in [0, 0.1) is 5.92 Å². The minimum atomic E-state index is 0. The number of rotatable bonds is 5. The summed E-state index contributed by atoms with van der Waals surface area (Å²) in [6.07, 6.45) is 3.15. The molecule has 5 heteroatoms. The molecule has 1 saturated heterocycles. The van der Waals surface area contributed by atoms with Gasteiger partial charge >= 0.3 is 0 Å². The summed E-state index contributed by atoms with van der Waals surface area (Å²) in [6.45, 7) is 4.28. The van der Waals surface area contributed by atoms with Gasteiger partial charge in [0.05, 0.1) is 0 Å². The molecule has 1 aliphatic rings. The molecule has 0 radical (unpaired) electrons. The van der Waals surface area contributed by atoms with Crippen LogP contribution in [-0.4, -0.2) is 51.1 Å². The maximum Gasteiger partial charge on any atom is 0.221 e. The second-order valence-electron chi connectivity index (χ2n) is 4.38. The minimum absolute atomic E-state index is 0. The number of hydrogen-bond donors (Lipinski definition) is 2. The number of carbonyl (C=O) groups is 1. The van der Waals surface area contributed by atoms with Gasteiger partial charge in [0.15, 0.2) is 0 Å². The van der Waals surface area contributed by atoms with E-state index >= 15 is 0 Å². The monoisotopic (exact) mass is 249 g/mol. The normalized spacial score (nSPS) is 16.9. The molecule has 0 aromatic heterocycles. The van der Waals surface area contributed by atoms with Crippen LogP contribution in [0.4, 0.5) is 0 Å². The molecule has 96 valence electrons. The third kappa shape index (κ3) is 6.30. The summed E-state index contributed by atoms with van der Waals surface area (Å²) in [5.41, 5.74) is 0. The molecule has 2 N–H and O–H groups in total. The lowest BCUT2D eigenvalue weighted by Gasteiger charge is -2.27. The van der Waals surface area contributed by atoms with Crippen LogP contribution >= 0.6 is 12.4 Å². The quantitative estimate of drug-likeness (QED) is 0.745. The topological polar surface area (TPSA) is 44.4 Å². The van der Waals surface area contributed by atoms with Crippen LogP contribution < -0.4 is 10.6 Å². The number of amides is 1. The van der Waals surface area contributed by atoms with Gasteiger partial charge in [0, 0.05) is 26.6 Å². The molecule has 0 unspecified atom stereocenters. The number of nitrogens with one attached hydrogen (secondary N) is 2. The molecule has 0 aromatic rings. The maximum atomic E-state index is 11.1. The first-order valence-corrected chi connectivity index (χ1v) is 5.82. The second-order valence-corrected chi connectivity index (χ2v) is 4.38. The van der Waals surface area contributed by atoms with Gasteiger partial charge in [-0.05, 0) is 38.9 Å². The van der Waals surface area contributed by atoms with Crippen molar-refractivity contribution >= 4 is 18.3 Å². The first-order chi connectivity index (χ1) is 7.22. The van der Waals surface area contributed by atoms with Gasteiger partial charge in [-0.3, -0.25) is 4.79 Å². The molecule has 1 aliphatic heterocycles. The summed E-state index contributed by atoms with van der Waals surface area (Å²) in [4.78, 5) is 13.3. The van der Waals surface area contributed by atoms with E-state index in [-0.39, 0.29) is 18.3 Å². The molecule has 0 spiro atoms. The Kier molecular flexibility index (Phi) is 8.61. The lowest BCUT2D eigenvalue weighted by Crippen LogP contribution is -2.35. The van der Waals surface area contributed by atoms with Crippen molar-refractivity contribution in [3.05, 3.63) is 0 Å². The molecule has 4 nitrogen and oxygen atoms in total. The van der Waals surface area contributed by atoms with Crippen molar-refractivity contribution in [1.29, 1.82) is 0 Å². The Balaban J connectivity index is 0.00000225. The van der Waals surface area contributed by atoms with Crippen molar-refractivity contribution in [2.24, 2.45) is 5.92 Å². The van der Waals surface area contributed by atoms with E-state index in [1.165, 1.54) is 12.8 Å². The molecule has 0 atom stereocenters. The van der Waals surface area contributed by atoms with Gasteiger partial charge in [0.25, 0.3) is 0 Å². The summed E-state index contributed by atoms with van der Waals surface area (Å²) < 4.78 is 0. The van der Waals surface area contributed by atoms with E-state index in [2.05, 4.69) is 22.6 Å². The van der Waals surface area contributed by atoms with Crippen molar-refractivity contribution in [3.63, 3.8) is 0 Å². The first-order valence-electron chi connectivity index (χ1n) is 5.82. The zero-order chi connectivity index (χ0) is 11.1. The van der Waals surface area contributed by atoms with E-state index in [1.807, 2.05) is 0 Å². The van der Waals surface area contributed by atoms with Crippen LogP contribution in [0.15, 0.2) is 0 Å². The molecular weight excluding hydrogens is 226 g/mol. The van der Waals surface area contributed by atoms with Crippen molar-refractivity contribution in [2.75, 3.05) is 40.3 Å². The van der Waals surface area contributed by atoms with Crippen molar-refractivity contribution < 1.29 is 4.79 Å². The van der Waals surface area contributed by atoms with Crippen molar-refractivity contribution in [1.82, 2.24) is 15.5 Å². The van der Waals surface area contributed by atoms with Gasteiger partial charge < -0.3 is 15.5 Å². The van der Waals surface area contributed by atoms with Crippen LogP contribution in [0.2, 0.25) is 0 Å². The third-order valence-corrected chi connectivity index (χ3v) is 3.03. The predicted octanol–water partition coefficient (Wildman–Crippen LogP) is 0.476. The smallest absolute Gasteiger partial charge is 0.221 e. The van der Waals surface area contributed by atoms with Gasteiger partial charge in [-0.25, -0.2) is 0 Å². The van der Waals surface area contributed by atoms with Crippen LogP contribution in [-0.2, 0) is 4.79 Å². The van der Waals surface area contributed by atoms with Gasteiger partial charge in [0.1, 0.15) is 0 Å². The first kappa shape index (κ1) is 15.7. The fourth-order valence-corrected chi connectivity index (χ4v) is 2.01. The number of hydrogen-bond acceptors (Lipinski definition) is 3. The van der Waals surface area contributed by atoms with Gasteiger partial charge in [-0.1, -0.05) is 0 Å². The number of carbonyl (C=O) groups excluding carboxylic acids is 1. The van der Waals surface area contributed by atoms with Gasteiger partial charge in [-0.15, -0.1) is 12.4 Å². The lowest BCUT2D eigenvalue weighted by molar-refractivity contribution is -0.120. The fourth-order valence-electron chi connectivity index (χ4n) is 2.01. The van der Waals surface area contributed by atoms with Crippen LogP contribution in [0.1, 0.15) is 19.3 Å². The van der Waals surface area contributed by atoms with E-state index in [0.29, 0.717) is 6.42 Å². The van der Waals surface area contributed by atoms with E-state index in [1.54, 1.807) is 7.05 Å². The molecular formula is C11H24ClN3O. The highest BCUT2D eigenvalue weighted by atomic mass is 35.5. The summed E-state index contributed by atoms with van der Waals surface area (Å²) >= 11 is 0. The Labute approximate surface area is 105 Å². The molecule has 0 aromatic carbocycles. The fraction of sp³-hybridized carbons (Fsp3) is 0.909. The zero-order valence-corrected chi connectivity index (χ0v) is 11.1. The van der Waals surface area contributed by atoms with Gasteiger partial charge in [0.2, 0.25) is 5.91 Å². The Bertz CT molecular complexity index is 196. The highest BCUT2D eigenvalue weighted by molar-refractivity contribution is 5.85. The molecule has 0 bridgehead atoms. The van der Waals surface area contributed by atoms with E-state index < -0.39 is 0 Å². The average molecular weight is 250 g/mol. The Morgan fingerprint density at radius 2 is 2.06 bits per heavy atom. The van der Waals surface area contributed by atoms with Crippen LogP contribution in [0.5, 0.6) is 0 Å². The molecule has 1 rings (SSSR count). The third-order valence-electron chi connectivity index (χ3n) is 3.03. The molecule has 1 amide bonds. The Morgan fingerprint density at radius 3 is 2.62 bits per heavy atom.